The van der Waals surface area contributed by atoms with Gasteiger partial charge in [-0.3, -0.25) is 19.3 Å². The Bertz CT molecular complexity index is 1400. The minimum atomic E-state index is -0.527. The van der Waals surface area contributed by atoms with E-state index in [4.69, 9.17) is 32.7 Å². The van der Waals surface area contributed by atoms with E-state index in [1.54, 1.807) is 17.0 Å². The molecule has 2 heterocycles. The molecule has 0 radical (unpaired) electrons. The molecular weight excluding hydrogens is 535 g/mol. The van der Waals surface area contributed by atoms with E-state index in [1.807, 2.05) is 42.5 Å². The van der Waals surface area contributed by atoms with Gasteiger partial charge in [-0.2, -0.15) is 0 Å². The summed E-state index contributed by atoms with van der Waals surface area (Å²) in [5, 5.41) is 2.31. The summed E-state index contributed by atoms with van der Waals surface area (Å²) in [7, 11) is 0. The number of hydrogen-bond donors (Lipinski definition) is 0. The molecule has 2 saturated heterocycles. The van der Waals surface area contributed by atoms with E-state index in [1.165, 1.54) is 6.08 Å². The largest absolute Gasteiger partial charge is 0.486 e. The van der Waals surface area contributed by atoms with Gasteiger partial charge in [0, 0.05) is 13.1 Å². The van der Waals surface area contributed by atoms with Crippen LogP contribution in [0.25, 0.3) is 16.8 Å². The number of hydrogen-bond acceptors (Lipinski definition) is 6. The molecule has 5 rings (SSSR count). The molecule has 2 fully saturated rings. The van der Waals surface area contributed by atoms with Crippen LogP contribution in [0, 0.1) is 0 Å². The number of ether oxygens (including phenoxy) is 2. The maximum absolute atomic E-state index is 12.9. The van der Waals surface area contributed by atoms with Gasteiger partial charge in [0.15, 0.2) is 5.75 Å². The van der Waals surface area contributed by atoms with E-state index < -0.39 is 11.1 Å². The van der Waals surface area contributed by atoms with Crippen LogP contribution in [-0.4, -0.2) is 59.7 Å². The van der Waals surface area contributed by atoms with E-state index in [9.17, 15) is 14.4 Å². The Morgan fingerprint density at radius 2 is 1.70 bits per heavy atom. The average molecular weight is 557 g/mol. The van der Waals surface area contributed by atoms with Gasteiger partial charge in [-0.25, -0.2) is 0 Å². The summed E-state index contributed by atoms with van der Waals surface area (Å²) < 4.78 is 11.2. The van der Waals surface area contributed by atoms with E-state index in [-0.39, 0.29) is 34.0 Å². The molecule has 2 aliphatic heterocycles. The number of carbonyl (C=O) groups excluding carboxylic acids is 3. The molecular formula is C27H22Cl2N2O5S. The van der Waals surface area contributed by atoms with Crippen LogP contribution in [0.15, 0.2) is 59.5 Å². The summed E-state index contributed by atoms with van der Waals surface area (Å²) >= 11 is 13.7. The second-order valence-corrected chi connectivity index (χ2v) is 10.4. The van der Waals surface area contributed by atoms with E-state index in [0.717, 1.165) is 33.0 Å². The Kier molecular flexibility index (Phi) is 7.71. The van der Waals surface area contributed by atoms with Gasteiger partial charge in [-0.15, -0.1) is 0 Å². The molecule has 0 bridgehead atoms. The summed E-state index contributed by atoms with van der Waals surface area (Å²) in [6.07, 6.45) is 1.54. The monoisotopic (exact) mass is 556 g/mol. The maximum atomic E-state index is 12.9. The molecule has 2 aliphatic rings. The topological polar surface area (TPSA) is 76.2 Å². The van der Waals surface area contributed by atoms with Crippen LogP contribution in [0.4, 0.5) is 4.79 Å². The SMILES string of the molecule is O=C(CN1C(=O)S/C(=C/c2cc(Cl)c(OCc3ccc4ccccc4c3)c(Cl)c2)C1=O)N1CCOCC1. The molecule has 190 valence electrons. The fourth-order valence-electron chi connectivity index (χ4n) is 4.12. The van der Waals surface area contributed by atoms with Crippen LogP contribution in [0.5, 0.6) is 5.75 Å². The summed E-state index contributed by atoms with van der Waals surface area (Å²) in [6.45, 7) is 1.74. The molecule has 7 nitrogen and oxygen atoms in total. The molecule has 37 heavy (non-hydrogen) atoms. The third kappa shape index (κ3) is 5.78. The molecule has 3 amide bonds. The van der Waals surface area contributed by atoms with Gasteiger partial charge in [0.05, 0.1) is 28.2 Å². The van der Waals surface area contributed by atoms with Crippen molar-refractivity contribution in [1.82, 2.24) is 9.80 Å². The number of imide groups is 1. The van der Waals surface area contributed by atoms with Gasteiger partial charge in [0.2, 0.25) is 5.91 Å². The van der Waals surface area contributed by atoms with Crippen molar-refractivity contribution in [3.8, 4) is 5.75 Å². The number of amides is 3. The Balaban J connectivity index is 1.27. The van der Waals surface area contributed by atoms with Crippen LogP contribution in [0.1, 0.15) is 11.1 Å². The minimum absolute atomic E-state index is 0.191. The Morgan fingerprint density at radius 1 is 1.00 bits per heavy atom. The minimum Gasteiger partial charge on any atom is -0.486 e. The molecule has 0 aliphatic carbocycles. The summed E-state index contributed by atoms with van der Waals surface area (Å²) in [5.41, 5.74) is 1.51. The van der Waals surface area contributed by atoms with Crippen molar-refractivity contribution in [2.75, 3.05) is 32.8 Å². The number of benzene rings is 3. The molecule has 0 unspecified atom stereocenters. The van der Waals surface area contributed by atoms with Crippen molar-refractivity contribution in [2.45, 2.75) is 6.61 Å². The summed E-state index contributed by atoms with van der Waals surface area (Å²) in [4.78, 5) is 40.6. The first-order chi connectivity index (χ1) is 17.9. The first kappa shape index (κ1) is 25.6. The van der Waals surface area contributed by atoms with E-state index in [2.05, 4.69) is 0 Å². The molecule has 0 spiro atoms. The van der Waals surface area contributed by atoms with Gasteiger partial charge >= 0.3 is 0 Å². The number of fused-ring (bicyclic) bond motifs is 1. The first-order valence-electron chi connectivity index (χ1n) is 11.6. The number of thioether (sulfide) groups is 1. The van der Waals surface area contributed by atoms with E-state index in [0.29, 0.717) is 37.6 Å². The van der Waals surface area contributed by atoms with Crippen molar-refractivity contribution in [3.05, 3.63) is 80.7 Å². The average Bonchev–Trinajstić information content (AvgIpc) is 3.15. The van der Waals surface area contributed by atoms with Crippen molar-refractivity contribution in [2.24, 2.45) is 0 Å². The van der Waals surface area contributed by atoms with Crippen molar-refractivity contribution in [1.29, 1.82) is 0 Å². The number of rotatable bonds is 6. The third-order valence-electron chi connectivity index (χ3n) is 6.05. The normalized spacial score (nSPS) is 17.2. The van der Waals surface area contributed by atoms with Crippen LogP contribution >= 0.6 is 35.0 Å². The smallest absolute Gasteiger partial charge is 0.294 e. The molecule has 0 N–H and O–H groups in total. The van der Waals surface area contributed by atoms with Crippen LogP contribution < -0.4 is 4.74 Å². The highest BCUT2D eigenvalue weighted by molar-refractivity contribution is 8.18. The number of nitrogens with zero attached hydrogens (tertiary/aromatic N) is 2. The highest BCUT2D eigenvalue weighted by Gasteiger charge is 2.37. The second-order valence-electron chi connectivity index (χ2n) is 8.54. The van der Waals surface area contributed by atoms with Gasteiger partial charge in [0.1, 0.15) is 13.2 Å². The molecule has 0 atom stereocenters. The third-order valence-corrected chi connectivity index (χ3v) is 7.52. The molecule has 10 heteroatoms. The van der Waals surface area contributed by atoms with Crippen LogP contribution in [0.2, 0.25) is 10.0 Å². The molecule has 0 aromatic heterocycles. The predicted octanol–water partition coefficient (Wildman–Crippen LogP) is 5.62. The van der Waals surface area contributed by atoms with Crippen LogP contribution in [-0.2, 0) is 20.9 Å². The highest BCUT2D eigenvalue weighted by Crippen LogP contribution is 2.38. The standard InChI is InChI=1S/C27H22Cl2N2O5S/c28-21-12-18(13-22(29)25(21)36-16-17-5-6-19-3-1-2-4-20(19)11-17)14-23-26(33)31(27(34)37-23)15-24(32)30-7-9-35-10-8-30/h1-6,11-14H,7-10,15-16H2/b23-14+. The van der Waals surface area contributed by atoms with Gasteiger partial charge < -0.3 is 14.4 Å². The predicted molar refractivity (Wildman–Crippen MR) is 145 cm³/mol. The molecule has 3 aromatic rings. The summed E-state index contributed by atoms with van der Waals surface area (Å²) in [5.74, 6) is -0.482. The fraction of sp³-hybridized carbons (Fsp3) is 0.222. The lowest BCUT2D eigenvalue weighted by molar-refractivity contribution is -0.139. The zero-order chi connectivity index (χ0) is 25.9. The number of morpholine rings is 1. The van der Waals surface area contributed by atoms with E-state index >= 15 is 0 Å². The Hall–Kier alpha value is -3.04. The quantitative estimate of drug-likeness (QED) is 0.367. The van der Waals surface area contributed by atoms with Gasteiger partial charge in [-0.05, 0) is 57.9 Å². The van der Waals surface area contributed by atoms with Crippen molar-refractivity contribution < 1.29 is 23.9 Å². The molecule has 0 saturated carbocycles. The first-order valence-corrected chi connectivity index (χ1v) is 13.2. The second kappa shape index (κ2) is 11.1. The Labute approximate surface area is 227 Å². The van der Waals surface area contributed by atoms with Crippen LogP contribution in [0.3, 0.4) is 0 Å². The zero-order valence-corrected chi connectivity index (χ0v) is 21.9. The summed E-state index contributed by atoms with van der Waals surface area (Å²) in [6, 6.07) is 17.4. The maximum Gasteiger partial charge on any atom is 0.294 e. The lowest BCUT2D eigenvalue weighted by Crippen LogP contribution is -2.46. The zero-order valence-electron chi connectivity index (χ0n) is 19.6. The van der Waals surface area contributed by atoms with Gasteiger partial charge in [-0.1, -0.05) is 59.6 Å². The number of halogens is 2. The lowest BCUT2D eigenvalue weighted by atomic mass is 10.1. The fourth-order valence-corrected chi connectivity index (χ4v) is 5.57. The number of carbonyl (C=O) groups is 3. The lowest BCUT2D eigenvalue weighted by Gasteiger charge is -2.28. The van der Waals surface area contributed by atoms with Crippen molar-refractivity contribution >= 4 is 68.9 Å². The molecule has 3 aromatic carbocycles. The van der Waals surface area contributed by atoms with Gasteiger partial charge in [0.25, 0.3) is 11.1 Å². The highest BCUT2D eigenvalue weighted by atomic mass is 35.5. The Morgan fingerprint density at radius 3 is 2.43 bits per heavy atom. The van der Waals surface area contributed by atoms with Crippen molar-refractivity contribution in [3.63, 3.8) is 0 Å².